The van der Waals surface area contributed by atoms with Crippen LogP contribution in [0.1, 0.15) is 18.4 Å². The van der Waals surface area contributed by atoms with Crippen molar-refractivity contribution in [1.82, 2.24) is 10.2 Å². The third-order valence-electron chi connectivity index (χ3n) is 4.01. The van der Waals surface area contributed by atoms with Gasteiger partial charge in [0.15, 0.2) is 0 Å². The van der Waals surface area contributed by atoms with Gasteiger partial charge >= 0.3 is 6.09 Å². The number of amides is 2. The monoisotopic (exact) mass is 304 g/mol. The van der Waals surface area contributed by atoms with Gasteiger partial charge in [0.05, 0.1) is 18.6 Å². The lowest BCUT2D eigenvalue weighted by Crippen LogP contribution is -2.38. The topological polar surface area (TPSA) is 78.9 Å². The van der Waals surface area contributed by atoms with Crippen LogP contribution in [0.25, 0.3) is 0 Å². The minimum atomic E-state index is -0.831. The Hall–Kier alpha value is -2.08. The molecule has 2 atom stereocenters. The number of rotatable bonds is 4. The Bertz CT molecular complexity index is 544. The van der Waals surface area contributed by atoms with Crippen LogP contribution in [0.2, 0.25) is 0 Å². The van der Waals surface area contributed by atoms with Gasteiger partial charge in [-0.3, -0.25) is 4.79 Å². The molecule has 1 aromatic carbocycles. The van der Waals surface area contributed by atoms with Crippen LogP contribution < -0.4 is 5.32 Å². The first-order valence-corrected chi connectivity index (χ1v) is 7.57. The first-order chi connectivity index (χ1) is 10.6. The number of aliphatic hydroxyl groups is 1. The molecule has 2 fully saturated rings. The largest absolute Gasteiger partial charge is 0.445 e. The number of likely N-dealkylation sites (tertiary alicyclic amines) is 1. The van der Waals surface area contributed by atoms with Gasteiger partial charge in [0.25, 0.3) is 0 Å². The summed E-state index contributed by atoms with van der Waals surface area (Å²) in [5.41, 5.74) is 0.902. The molecule has 1 aromatic rings. The second-order valence-electron chi connectivity index (χ2n) is 5.90. The Balaban J connectivity index is 1.49. The number of ether oxygens (including phenoxy) is 1. The summed E-state index contributed by atoms with van der Waals surface area (Å²) in [6.45, 7) is 0.523. The Morgan fingerprint density at radius 1 is 1.23 bits per heavy atom. The van der Waals surface area contributed by atoms with Crippen molar-refractivity contribution < 1.29 is 19.4 Å². The van der Waals surface area contributed by atoms with Crippen molar-refractivity contribution in [2.24, 2.45) is 5.92 Å². The zero-order valence-corrected chi connectivity index (χ0v) is 12.3. The van der Waals surface area contributed by atoms with Gasteiger partial charge in [-0.15, -0.1) is 0 Å². The number of carbonyl (C=O) groups excluding carboxylic acids is 2. The standard InChI is InChI=1S/C16H20N2O4/c19-14-9-18(8-13(14)15(20)17-12-6-7-12)16(21)22-10-11-4-2-1-3-5-11/h1-5,12-14,19H,6-10H2,(H,17,20)/t13-,14-/m1/s1. The zero-order valence-electron chi connectivity index (χ0n) is 12.3. The minimum absolute atomic E-state index is 0.135. The number of β-amino-alcohol motifs (C(OH)–C–C–N with tert-alkyl or cyclic N) is 1. The lowest BCUT2D eigenvalue weighted by molar-refractivity contribution is -0.127. The predicted molar refractivity (Wildman–Crippen MR) is 78.9 cm³/mol. The first kappa shape index (κ1) is 14.8. The molecule has 0 radical (unpaired) electrons. The molecule has 6 heteroatoms. The molecule has 2 N–H and O–H groups in total. The van der Waals surface area contributed by atoms with Crippen molar-refractivity contribution in [2.75, 3.05) is 13.1 Å². The predicted octanol–water partition coefficient (Wildman–Crippen LogP) is 0.894. The van der Waals surface area contributed by atoms with Gasteiger partial charge in [-0.05, 0) is 18.4 Å². The first-order valence-electron chi connectivity index (χ1n) is 7.57. The molecule has 3 rings (SSSR count). The Labute approximate surface area is 129 Å². The molecule has 118 valence electrons. The molecule has 1 saturated carbocycles. The third kappa shape index (κ3) is 3.57. The fourth-order valence-electron chi connectivity index (χ4n) is 2.54. The van der Waals surface area contributed by atoms with Crippen LogP contribution in [-0.4, -0.2) is 47.2 Å². The summed E-state index contributed by atoms with van der Waals surface area (Å²) < 4.78 is 5.23. The molecule has 0 bridgehead atoms. The quantitative estimate of drug-likeness (QED) is 0.866. The van der Waals surface area contributed by atoms with E-state index in [9.17, 15) is 14.7 Å². The highest BCUT2D eigenvalue weighted by Crippen LogP contribution is 2.23. The van der Waals surface area contributed by atoms with Gasteiger partial charge in [-0.2, -0.15) is 0 Å². The fourth-order valence-corrected chi connectivity index (χ4v) is 2.54. The SMILES string of the molecule is O=C(NC1CC1)[C@@H]1CN(C(=O)OCc2ccccc2)C[C@H]1O. The molecular formula is C16H20N2O4. The normalized spacial score (nSPS) is 24.1. The second-order valence-corrected chi connectivity index (χ2v) is 5.90. The van der Waals surface area contributed by atoms with E-state index >= 15 is 0 Å². The maximum absolute atomic E-state index is 12.0. The Kier molecular flexibility index (Phi) is 4.29. The van der Waals surface area contributed by atoms with E-state index in [2.05, 4.69) is 5.32 Å². The molecule has 2 aliphatic rings. The number of nitrogens with zero attached hydrogens (tertiary/aromatic N) is 1. The number of aliphatic hydroxyl groups excluding tert-OH is 1. The minimum Gasteiger partial charge on any atom is -0.445 e. The maximum atomic E-state index is 12.0. The average Bonchev–Trinajstić information content (AvgIpc) is 3.25. The van der Waals surface area contributed by atoms with Crippen LogP contribution >= 0.6 is 0 Å². The Morgan fingerprint density at radius 2 is 1.95 bits per heavy atom. The van der Waals surface area contributed by atoms with Crippen molar-refractivity contribution in [3.05, 3.63) is 35.9 Å². The van der Waals surface area contributed by atoms with E-state index < -0.39 is 18.1 Å². The molecule has 1 heterocycles. The summed E-state index contributed by atoms with van der Waals surface area (Å²) in [5, 5.41) is 12.9. The van der Waals surface area contributed by atoms with E-state index in [0.29, 0.717) is 0 Å². The summed E-state index contributed by atoms with van der Waals surface area (Å²) in [7, 11) is 0. The zero-order chi connectivity index (χ0) is 15.5. The van der Waals surface area contributed by atoms with E-state index in [4.69, 9.17) is 4.74 Å². The summed E-state index contributed by atoms with van der Waals surface area (Å²) in [6, 6.07) is 9.64. The van der Waals surface area contributed by atoms with Gasteiger partial charge in [0.2, 0.25) is 5.91 Å². The number of hydrogen-bond donors (Lipinski definition) is 2. The van der Waals surface area contributed by atoms with E-state index in [1.54, 1.807) is 0 Å². The van der Waals surface area contributed by atoms with Gasteiger partial charge in [-0.1, -0.05) is 30.3 Å². The summed E-state index contributed by atoms with van der Waals surface area (Å²) in [6.07, 6.45) is 0.669. The molecule has 0 aromatic heterocycles. The average molecular weight is 304 g/mol. The molecular weight excluding hydrogens is 284 g/mol. The number of carbonyl (C=O) groups is 2. The van der Waals surface area contributed by atoms with Gasteiger partial charge in [-0.25, -0.2) is 4.79 Å². The van der Waals surface area contributed by atoms with Gasteiger partial charge in [0, 0.05) is 12.6 Å². The fraction of sp³-hybridized carbons (Fsp3) is 0.500. The van der Waals surface area contributed by atoms with Crippen LogP contribution in [0.15, 0.2) is 30.3 Å². The summed E-state index contributed by atoms with van der Waals surface area (Å²) in [5.74, 6) is -0.738. The lowest BCUT2D eigenvalue weighted by atomic mass is 10.1. The maximum Gasteiger partial charge on any atom is 0.410 e. The van der Waals surface area contributed by atoms with Crippen molar-refractivity contribution in [2.45, 2.75) is 31.6 Å². The highest BCUT2D eigenvalue weighted by molar-refractivity contribution is 5.81. The molecule has 22 heavy (non-hydrogen) atoms. The third-order valence-corrected chi connectivity index (χ3v) is 4.01. The van der Waals surface area contributed by atoms with E-state index in [-0.39, 0.29) is 31.6 Å². The molecule has 0 spiro atoms. The molecule has 1 aliphatic carbocycles. The van der Waals surface area contributed by atoms with E-state index in [1.165, 1.54) is 4.90 Å². The Morgan fingerprint density at radius 3 is 2.64 bits per heavy atom. The van der Waals surface area contributed by atoms with E-state index in [0.717, 1.165) is 18.4 Å². The lowest BCUT2D eigenvalue weighted by Gasteiger charge is -2.16. The van der Waals surface area contributed by atoms with Crippen LogP contribution in [-0.2, 0) is 16.1 Å². The van der Waals surface area contributed by atoms with Crippen molar-refractivity contribution in [1.29, 1.82) is 0 Å². The number of benzene rings is 1. The second kappa shape index (κ2) is 6.36. The van der Waals surface area contributed by atoms with Crippen LogP contribution in [0.5, 0.6) is 0 Å². The van der Waals surface area contributed by atoms with Gasteiger partial charge < -0.3 is 20.1 Å². The van der Waals surface area contributed by atoms with Crippen LogP contribution in [0.4, 0.5) is 4.79 Å². The van der Waals surface area contributed by atoms with Gasteiger partial charge in [0.1, 0.15) is 6.61 Å². The highest BCUT2D eigenvalue weighted by atomic mass is 16.6. The molecule has 2 amide bonds. The summed E-state index contributed by atoms with van der Waals surface area (Å²) >= 11 is 0. The van der Waals surface area contributed by atoms with E-state index in [1.807, 2.05) is 30.3 Å². The smallest absolute Gasteiger partial charge is 0.410 e. The van der Waals surface area contributed by atoms with Crippen molar-refractivity contribution in [3.63, 3.8) is 0 Å². The number of hydrogen-bond acceptors (Lipinski definition) is 4. The van der Waals surface area contributed by atoms with Crippen LogP contribution in [0, 0.1) is 5.92 Å². The summed E-state index contributed by atoms with van der Waals surface area (Å²) in [4.78, 5) is 25.4. The molecule has 0 unspecified atom stereocenters. The molecule has 6 nitrogen and oxygen atoms in total. The van der Waals surface area contributed by atoms with Crippen molar-refractivity contribution >= 4 is 12.0 Å². The van der Waals surface area contributed by atoms with Crippen molar-refractivity contribution in [3.8, 4) is 0 Å². The molecule has 1 aliphatic heterocycles. The van der Waals surface area contributed by atoms with Crippen LogP contribution in [0.3, 0.4) is 0 Å². The molecule has 1 saturated heterocycles. The highest BCUT2D eigenvalue weighted by Gasteiger charge is 2.40. The number of nitrogens with one attached hydrogen (secondary N) is 1.